The maximum absolute atomic E-state index is 4.48. The van der Waals surface area contributed by atoms with Crippen LogP contribution in [-0.2, 0) is 0 Å². The molecule has 1 aliphatic rings. The van der Waals surface area contributed by atoms with E-state index in [9.17, 15) is 0 Å². The quantitative estimate of drug-likeness (QED) is 0.807. The molecule has 1 saturated heterocycles. The molecule has 0 radical (unpaired) electrons. The first-order chi connectivity index (χ1) is 8.08. The molecule has 0 aliphatic carbocycles. The minimum absolute atomic E-state index is 0.393. The van der Waals surface area contributed by atoms with Gasteiger partial charge in [-0.3, -0.25) is 0 Å². The van der Waals surface area contributed by atoms with Gasteiger partial charge in [0.25, 0.3) is 0 Å². The third kappa shape index (κ3) is 2.94. The van der Waals surface area contributed by atoms with Gasteiger partial charge in [0.1, 0.15) is 0 Å². The summed E-state index contributed by atoms with van der Waals surface area (Å²) < 4.78 is 0. The maximum Gasteiger partial charge on any atom is 0.0900 e. The Hall–Kier alpha value is -0.710. The second kappa shape index (κ2) is 5.29. The van der Waals surface area contributed by atoms with E-state index in [4.69, 9.17) is 0 Å². The molecular weight excluding hydrogens is 230 g/mol. The van der Waals surface area contributed by atoms with Crippen molar-refractivity contribution in [3.05, 3.63) is 26.7 Å². The Labute approximate surface area is 107 Å². The zero-order valence-electron chi connectivity index (χ0n) is 11.1. The zero-order chi connectivity index (χ0) is 12.4. The van der Waals surface area contributed by atoms with Crippen molar-refractivity contribution in [2.45, 2.75) is 33.7 Å². The third-order valence-electron chi connectivity index (χ3n) is 3.29. The van der Waals surface area contributed by atoms with Crippen molar-refractivity contribution in [2.75, 3.05) is 19.6 Å². The van der Waals surface area contributed by atoms with Crippen LogP contribution in [0.5, 0.6) is 0 Å². The normalized spacial score (nSPS) is 16.8. The number of hydrogen-bond donors (Lipinski definition) is 2. The highest BCUT2D eigenvalue weighted by molar-refractivity contribution is 7.11. The second-order valence-corrected chi connectivity index (χ2v) is 6.01. The molecule has 4 heteroatoms. The lowest BCUT2D eigenvalue weighted by atomic mass is 10.0. The second-order valence-electron chi connectivity index (χ2n) is 4.77. The van der Waals surface area contributed by atoms with Crippen molar-refractivity contribution in [3.8, 4) is 0 Å². The van der Waals surface area contributed by atoms with Gasteiger partial charge in [0, 0.05) is 30.6 Å². The minimum atomic E-state index is 0.393. The molecule has 0 bridgehead atoms. The molecule has 2 rings (SSSR count). The highest BCUT2D eigenvalue weighted by Crippen LogP contribution is 2.24. The van der Waals surface area contributed by atoms with Gasteiger partial charge in [-0.1, -0.05) is 5.57 Å². The molecule has 2 heterocycles. The number of nitrogens with zero attached hydrogens (tertiary/aromatic N) is 1. The van der Waals surface area contributed by atoms with Crippen LogP contribution in [0.4, 0.5) is 0 Å². The molecule has 0 amide bonds. The summed E-state index contributed by atoms with van der Waals surface area (Å²) in [6, 6.07) is 0.393. The summed E-state index contributed by atoms with van der Waals surface area (Å²) in [5, 5.41) is 8.02. The van der Waals surface area contributed by atoms with Gasteiger partial charge in [0.2, 0.25) is 0 Å². The zero-order valence-corrected chi connectivity index (χ0v) is 11.9. The van der Waals surface area contributed by atoms with Gasteiger partial charge in [0.05, 0.1) is 10.7 Å². The van der Waals surface area contributed by atoms with Crippen LogP contribution in [0.25, 0.3) is 0 Å². The smallest absolute Gasteiger partial charge is 0.0900 e. The van der Waals surface area contributed by atoms with Crippen LogP contribution in [0, 0.1) is 13.8 Å². The molecule has 17 heavy (non-hydrogen) atoms. The van der Waals surface area contributed by atoms with Crippen LogP contribution in [0.2, 0.25) is 0 Å². The van der Waals surface area contributed by atoms with Crippen molar-refractivity contribution in [1.29, 1.82) is 0 Å². The monoisotopic (exact) mass is 251 g/mol. The molecule has 1 aromatic heterocycles. The van der Waals surface area contributed by atoms with E-state index in [1.165, 1.54) is 16.1 Å². The van der Waals surface area contributed by atoms with Gasteiger partial charge in [-0.25, -0.2) is 4.98 Å². The van der Waals surface area contributed by atoms with E-state index in [0.29, 0.717) is 6.04 Å². The fourth-order valence-corrected chi connectivity index (χ4v) is 2.98. The molecule has 0 spiro atoms. The van der Waals surface area contributed by atoms with E-state index in [0.717, 1.165) is 24.6 Å². The van der Waals surface area contributed by atoms with E-state index in [2.05, 4.69) is 43.3 Å². The summed E-state index contributed by atoms with van der Waals surface area (Å²) in [4.78, 5) is 5.85. The van der Waals surface area contributed by atoms with Gasteiger partial charge in [-0.05, 0) is 33.3 Å². The van der Waals surface area contributed by atoms with Gasteiger partial charge >= 0.3 is 0 Å². The van der Waals surface area contributed by atoms with Gasteiger partial charge < -0.3 is 10.6 Å². The molecule has 3 nitrogen and oxygen atoms in total. The Kier molecular flexibility index (Phi) is 3.97. The van der Waals surface area contributed by atoms with E-state index in [1.54, 1.807) is 16.9 Å². The summed E-state index contributed by atoms with van der Waals surface area (Å²) in [5.41, 5.74) is 4.21. The lowest BCUT2D eigenvalue weighted by molar-refractivity contribution is 0.593. The first-order valence-electron chi connectivity index (χ1n) is 6.13. The molecule has 1 fully saturated rings. The van der Waals surface area contributed by atoms with Gasteiger partial charge in [-0.15, -0.1) is 11.3 Å². The minimum Gasteiger partial charge on any atom is -0.309 e. The number of rotatable bonds is 4. The van der Waals surface area contributed by atoms with Crippen molar-refractivity contribution in [1.82, 2.24) is 15.6 Å². The van der Waals surface area contributed by atoms with Crippen molar-refractivity contribution in [3.63, 3.8) is 0 Å². The Morgan fingerprint density at radius 2 is 2.18 bits per heavy atom. The number of aromatic nitrogens is 1. The molecule has 1 aromatic rings. The van der Waals surface area contributed by atoms with Crippen LogP contribution < -0.4 is 10.6 Å². The Bertz CT molecular complexity index is 428. The van der Waals surface area contributed by atoms with Crippen LogP contribution >= 0.6 is 11.3 Å². The van der Waals surface area contributed by atoms with Crippen molar-refractivity contribution in [2.24, 2.45) is 0 Å². The van der Waals surface area contributed by atoms with E-state index in [1.807, 2.05) is 0 Å². The van der Waals surface area contributed by atoms with Gasteiger partial charge in [-0.2, -0.15) is 0 Å². The van der Waals surface area contributed by atoms with Crippen LogP contribution in [0.15, 0.2) is 11.1 Å². The van der Waals surface area contributed by atoms with E-state index >= 15 is 0 Å². The third-order valence-corrected chi connectivity index (χ3v) is 4.54. The summed E-state index contributed by atoms with van der Waals surface area (Å²) in [6.07, 6.45) is 0. The number of thiazole rings is 1. The Morgan fingerprint density at radius 3 is 2.65 bits per heavy atom. The standard InChI is InChI=1S/C13H21N3S/c1-8(12-6-14-7-12)5-15-9(2)13-10(3)16-11(4)17-13/h9,14-15H,5-7H2,1-4H3. The first-order valence-corrected chi connectivity index (χ1v) is 6.95. The fraction of sp³-hybridized carbons (Fsp3) is 0.615. The summed E-state index contributed by atoms with van der Waals surface area (Å²) in [5.74, 6) is 0. The number of nitrogens with one attached hydrogen (secondary N) is 2. The lowest BCUT2D eigenvalue weighted by Crippen LogP contribution is -2.36. The average molecular weight is 251 g/mol. The van der Waals surface area contributed by atoms with Crippen LogP contribution in [-0.4, -0.2) is 24.6 Å². The molecular formula is C13H21N3S. The fourth-order valence-electron chi connectivity index (χ4n) is 2.02. The van der Waals surface area contributed by atoms with Crippen LogP contribution in [0.1, 0.15) is 35.5 Å². The largest absolute Gasteiger partial charge is 0.309 e. The summed E-state index contributed by atoms with van der Waals surface area (Å²) in [7, 11) is 0. The Morgan fingerprint density at radius 1 is 1.47 bits per heavy atom. The summed E-state index contributed by atoms with van der Waals surface area (Å²) in [6.45, 7) is 11.7. The van der Waals surface area contributed by atoms with Gasteiger partial charge in [0.15, 0.2) is 0 Å². The molecule has 0 saturated carbocycles. The predicted molar refractivity (Wildman–Crippen MR) is 73.6 cm³/mol. The lowest BCUT2D eigenvalue weighted by Gasteiger charge is -2.23. The van der Waals surface area contributed by atoms with Crippen molar-refractivity contribution < 1.29 is 0 Å². The molecule has 0 aromatic carbocycles. The molecule has 1 unspecified atom stereocenters. The van der Waals surface area contributed by atoms with Crippen molar-refractivity contribution >= 4 is 11.3 Å². The maximum atomic E-state index is 4.48. The van der Waals surface area contributed by atoms with E-state index < -0.39 is 0 Å². The molecule has 2 N–H and O–H groups in total. The number of hydrogen-bond acceptors (Lipinski definition) is 4. The average Bonchev–Trinajstić information content (AvgIpc) is 2.51. The highest BCUT2D eigenvalue weighted by Gasteiger charge is 2.14. The Balaban J connectivity index is 1.93. The predicted octanol–water partition coefficient (Wildman–Crippen LogP) is 2.33. The molecule has 1 atom stereocenters. The number of aryl methyl sites for hydroxylation is 2. The van der Waals surface area contributed by atoms with E-state index in [-0.39, 0.29) is 0 Å². The van der Waals surface area contributed by atoms with Crippen LogP contribution in [0.3, 0.4) is 0 Å². The SMILES string of the molecule is CC(CNC(C)c1sc(C)nc1C)=C1CNC1. The summed E-state index contributed by atoms with van der Waals surface area (Å²) >= 11 is 1.80. The topological polar surface area (TPSA) is 37.0 Å². The first kappa shape index (κ1) is 12.7. The molecule has 94 valence electrons. The highest BCUT2D eigenvalue weighted by atomic mass is 32.1. The molecule has 1 aliphatic heterocycles.